The minimum Gasteiger partial charge on any atom is -0.342 e. The summed E-state index contributed by atoms with van der Waals surface area (Å²) in [6.45, 7) is 20.2. The van der Waals surface area contributed by atoms with E-state index in [0.717, 1.165) is 12.8 Å². The molecule has 31 heavy (non-hydrogen) atoms. The maximum absolute atomic E-state index is 10.1. The van der Waals surface area contributed by atoms with Crippen molar-refractivity contribution in [1.29, 1.82) is 0 Å². The van der Waals surface area contributed by atoms with Crippen molar-refractivity contribution in [2.45, 2.75) is 98.0 Å². The van der Waals surface area contributed by atoms with Gasteiger partial charge in [0, 0.05) is 21.4 Å². The van der Waals surface area contributed by atoms with Crippen molar-refractivity contribution in [2.24, 2.45) is 0 Å². The van der Waals surface area contributed by atoms with Crippen molar-refractivity contribution in [2.75, 3.05) is 0 Å². The molecule has 4 heteroatoms. The first-order chi connectivity index (χ1) is 14.3. The predicted molar refractivity (Wildman–Crippen MR) is 139 cm³/mol. The third kappa shape index (κ3) is 6.20. The van der Waals surface area contributed by atoms with Gasteiger partial charge in [-0.1, -0.05) is 89.1 Å². The van der Waals surface area contributed by atoms with Crippen molar-refractivity contribution in [3.63, 3.8) is 0 Å². The summed E-state index contributed by atoms with van der Waals surface area (Å²) in [5, 5.41) is 0. The molecule has 0 radical (unpaired) electrons. The van der Waals surface area contributed by atoms with Gasteiger partial charge in [-0.2, -0.15) is 0 Å². The van der Waals surface area contributed by atoms with Gasteiger partial charge in [-0.05, 0) is 66.7 Å². The van der Waals surface area contributed by atoms with E-state index in [1.54, 1.807) is 0 Å². The summed E-state index contributed by atoms with van der Waals surface area (Å²) in [6.07, 6.45) is 1.92. The van der Waals surface area contributed by atoms with Crippen molar-refractivity contribution >= 4 is 22.6 Å². The molecule has 0 bridgehead atoms. The highest BCUT2D eigenvalue weighted by molar-refractivity contribution is 9.38. The van der Waals surface area contributed by atoms with Crippen LogP contribution >= 0.6 is 22.6 Å². The second-order valence-corrected chi connectivity index (χ2v) is 12.7. The molecule has 0 amide bonds. The molecule has 0 aromatic heterocycles. The molecule has 172 valence electrons. The molecule has 2 rings (SSSR count). The Balaban J connectivity index is 2.86. The topological polar surface area (TPSA) is 29.5 Å². The Kier molecular flexibility index (Phi) is 8.96. The van der Waals surface area contributed by atoms with Gasteiger partial charge in [-0.25, -0.2) is 0 Å². The van der Waals surface area contributed by atoms with E-state index in [2.05, 4.69) is 114 Å². The molecule has 2 unspecified atom stereocenters. The maximum Gasteiger partial charge on any atom is 0.244 e. The average Bonchev–Trinajstić information content (AvgIpc) is 2.69. The van der Waals surface area contributed by atoms with E-state index in [1.807, 2.05) is 0 Å². The van der Waals surface area contributed by atoms with Gasteiger partial charge in [0.2, 0.25) is 7.08 Å². The standard InChI is InChI=1S/C27H40BrO2P/c1-10-26(6,7)23-16-18(3)12-14-21(23)25(20(5)30-31(28)29)22-15-13-19(4)17-24(22)27(8,9)11-2/h12-17,20,25,29H,10-11H2,1-9H3. The van der Waals surface area contributed by atoms with E-state index in [9.17, 15) is 4.89 Å². The fourth-order valence-corrected chi connectivity index (χ4v) is 5.49. The van der Waals surface area contributed by atoms with Gasteiger partial charge >= 0.3 is 0 Å². The SMILES string of the molecule is CCC(C)(C)c1cc(C)ccc1C(c1ccc(C)cc1C(C)(C)CC)C(C)OP(O)Br. The minimum absolute atomic E-state index is 0.0255. The van der Waals surface area contributed by atoms with Crippen molar-refractivity contribution in [3.8, 4) is 0 Å². The van der Waals surface area contributed by atoms with Crippen LogP contribution in [0.5, 0.6) is 0 Å². The molecular formula is C27H40BrO2P. The Hall–Kier alpha value is -0.730. The summed E-state index contributed by atoms with van der Waals surface area (Å²) in [7, 11) is -1.64. The van der Waals surface area contributed by atoms with Crippen molar-refractivity contribution in [1.82, 2.24) is 0 Å². The van der Waals surface area contributed by atoms with Crippen LogP contribution in [0.25, 0.3) is 0 Å². The molecule has 0 spiro atoms. The molecule has 0 aliphatic carbocycles. The Bertz CT molecular complexity index is 823. The molecular weight excluding hydrogens is 467 g/mol. The highest BCUT2D eigenvalue weighted by Gasteiger charge is 2.34. The fraction of sp³-hybridized carbons (Fsp3) is 0.556. The van der Waals surface area contributed by atoms with Crippen LogP contribution in [-0.4, -0.2) is 11.0 Å². The smallest absolute Gasteiger partial charge is 0.244 e. The first-order valence-electron chi connectivity index (χ1n) is 11.4. The van der Waals surface area contributed by atoms with Gasteiger partial charge in [0.25, 0.3) is 0 Å². The number of aryl methyl sites for hydroxylation is 2. The third-order valence-corrected chi connectivity index (χ3v) is 8.04. The number of benzene rings is 2. The molecule has 0 heterocycles. The molecule has 2 nitrogen and oxygen atoms in total. The molecule has 0 aliphatic rings. The van der Waals surface area contributed by atoms with E-state index >= 15 is 0 Å². The lowest BCUT2D eigenvalue weighted by molar-refractivity contribution is 0.209. The van der Waals surface area contributed by atoms with Crippen LogP contribution in [0.1, 0.15) is 101 Å². The third-order valence-electron chi connectivity index (χ3n) is 7.04. The fourth-order valence-electron chi connectivity index (χ4n) is 4.31. The Morgan fingerprint density at radius 1 is 0.871 bits per heavy atom. The van der Waals surface area contributed by atoms with E-state index in [-0.39, 0.29) is 22.9 Å². The highest BCUT2D eigenvalue weighted by atomic mass is 79.9. The van der Waals surface area contributed by atoms with E-state index in [0.29, 0.717) is 0 Å². The second-order valence-electron chi connectivity index (χ2n) is 10.2. The zero-order valence-corrected chi connectivity index (χ0v) is 23.2. The molecule has 0 fully saturated rings. The Morgan fingerprint density at radius 2 is 1.26 bits per heavy atom. The monoisotopic (exact) mass is 506 g/mol. The molecule has 2 aromatic rings. The van der Waals surface area contributed by atoms with Gasteiger partial charge in [-0.3, -0.25) is 0 Å². The van der Waals surface area contributed by atoms with Gasteiger partial charge in [-0.15, -0.1) is 0 Å². The van der Waals surface area contributed by atoms with Gasteiger partial charge < -0.3 is 9.42 Å². The van der Waals surface area contributed by atoms with E-state index in [1.165, 1.54) is 33.4 Å². The van der Waals surface area contributed by atoms with Crippen LogP contribution in [0.15, 0.2) is 36.4 Å². The zero-order chi connectivity index (χ0) is 23.6. The highest BCUT2D eigenvalue weighted by Crippen LogP contribution is 2.48. The van der Waals surface area contributed by atoms with Crippen LogP contribution in [-0.2, 0) is 15.4 Å². The minimum atomic E-state index is -1.64. The molecule has 0 aliphatic heterocycles. The number of hydrogen-bond donors (Lipinski definition) is 1. The molecule has 2 aromatic carbocycles. The normalized spacial score (nSPS) is 14.7. The van der Waals surface area contributed by atoms with Crippen LogP contribution in [0.2, 0.25) is 0 Å². The first-order valence-corrected chi connectivity index (χ1v) is 14.6. The van der Waals surface area contributed by atoms with E-state index in [4.69, 9.17) is 4.52 Å². The summed E-state index contributed by atoms with van der Waals surface area (Å²) in [5.74, 6) is 0.0255. The van der Waals surface area contributed by atoms with Gasteiger partial charge in [0.1, 0.15) is 0 Å². The lowest BCUT2D eigenvalue weighted by Gasteiger charge is -2.36. The summed E-state index contributed by atoms with van der Waals surface area (Å²) < 4.78 is 6.02. The largest absolute Gasteiger partial charge is 0.342 e. The summed E-state index contributed by atoms with van der Waals surface area (Å²) in [5.41, 5.74) is 7.97. The first kappa shape index (κ1) is 26.5. The number of rotatable bonds is 9. The van der Waals surface area contributed by atoms with Crippen LogP contribution in [0.3, 0.4) is 0 Å². The van der Waals surface area contributed by atoms with Crippen LogP contribution < -0.4 is 0 Å². The van der Waals surface area contributed by atoms with Gasteiger partial charge in [0.05, 0.1) is 6.10 Å². The maximum atomic E-state index is 10.1. The summed E-state index contributed by atoms with van der Waals surface area (Å²) in [6, 6.07) is 13.7. The van der Waals surface area contributed by atoms with Crippen LogP contribution in [0, 0.1) is 13.8 Å². The molecule has 0 saturated carbocycles. The van der Waals surface area contributed by atoms with Crippen molar-refractivity contribution in [3.05, 3.63) is 69.8 Å². The number of hydrogen-bond acceptors (Lipinski definition) is 2. The van der Waals surface area contributed by atoms with Crippen LogP contribution in [0.4, 0.5) is 0 Å². The van der Waals surface area contributed by atoms with Gasteiger partial charge in [0.15, 0.2) is 0 Å². The lowest BCUT2D eigenvalue weighted by Crippen LogP contribution is -2.28. The predicted octanol–water partition coefficient (Wildman–Crippen LogP) is 8.83. The Labute approximate surface area is 199 Å². The summed E-state index contributed by atoms with van der Waals surface area (Å²) >= 11 is 3.25. The van der Waals surface area contributed by atoms with Crippen molar-refractivity contribution < 1.29 is 9.42 Å². The molecule has 2 atom stereocenters. The second kappa shape index (κ2) is 10.5. The molecule has 1 N–H and O–H groups in total. The molecule has 0 saturated heterocycles. The Morgan fingerprint density at radius 3 is 1.58 bits per heavy atom. The lowest BCUT2D eigenvalue weighted by atomic mass is 9.70. The zero-order valence-electron chi connectivity index (χ0n) is 20.7. The van der Waals surface area contributed by atoms with E-state index < -0.39 is 7.08 Å². The summed E-state index contributed by atoms with van der Waals surface area (Å²) in [4.78, 5) is 10.1. The quantitative estimate of drug-likeness (QED) is 0.344. The number of halogens is 1. The average molecular weight is 507 g/mol.